The number of esters is 2. The van der Waals surface area contributed by atoms with Crippen molar-refractivity contribution in [2.24, 2.45) is 7.05 Å². The average molecular weight is 581 g/mol. The highest BCUT2D eigenvalue weighted by Gasteiger charge is 2.56. The quantitative estimate of drug-likeness (QED) is 0.191. The Morgan fingerprint density at radius 1 is 1.11 bits per heavy atom. The maximum absolute atomic E-state index is 12.9. The SMILES string of the molecule is C[n+]1ccn(P(=O)(O)OC[C@H]2O[C@@H](n3ccc(=O)[nH]c3=O)C(OC(=O)C(F)(F)F)C2OC(=O)C(F)(F)F)c1. The van der Waals surface area contributed by atoms with Gasteiger partial charge >= 0.3 is 37.7 Å². The largest absolute Gasteiger partial charge is 0.525 e. The predicted octanol–water partition coefficient (Wildman–Crippen LogP) is -0.327. The van der Waals surface area contributed by atoms with Crippen LogP contribution in [0.3, 0.4) is 0 Å². The summed E-state index contributed by atoms with van der Waals surface area (Å²) in [4.78, 5) is 58.5. The zero-order chi connectivity index (χ0) is 28.6. The summed E-state index contributed by atoms with van der Waals surface area (Å²) in [7, 11) is -3.35. The average Bonchev–Trinajstić information content (AvgIpc) is 3.36. The van der Waals surface area contributed by atoms with Crippen molar-refractivity contribution in [3.8, 4) is 0 Å². The third-order valence-corrected chi connectivity index (χ3v) is 6.12. The van der Waals surface area contributed by atoms with Gasteiger partial charge in [-0.3, -0.25) is 23.8 Å². The highest BCUT2D eigenvalue weighted by Crippen LogP contribution is 2.45. The zero-order valence-corrected chi connectivity index (χ0v) is 19.5. The van der Waals surface area contributed by atoms with Gasteiger partial charge in [0.25, 0.3) is 11.9 Å². The van der Waals surface area contributed by atoms with Gasteiger partial charge in [-0.2, -0.15) is 26.3 Å². The normalized spacial score (nSPS) is 23.6. The van der Waals surface area contributed by atoms with Crippen molar-refractivity contribution in [3.63, 3.8) is 0 Å². The van der Waals surface area contributed by atoms with E-state index in [4.69, 9.17) is 9.26 Å². The first-order chi connectivity index (χ1) is 17.4. The third kappa shape index (κ3) is 6.50. The summed E-state index contributed by atoms with van der Waals surface area (Å²) in [5.74, 6) is -5.92. The fourth-order valence-corrected chi connectivity index (χ4v) is 4.16. The Hall–Kier alpha value is -3.48. The smallest absolute Gasteiger partial charge is 0.449 e. The van der Waals surface area contributed by atoms with Gasteiger partial charge in [-0.1, -0.05) is 0 Å². The number of nitrogens with one attached hydrogen (secondary N) is 1. The topological polar surface area (TPSA) is 172 Å². The van der Waals surface area contributed by atoms with Crippen molar-refractivity contribution in [2.45, 2.75) is 36.9 Å². The molecule has 14 nitrogen and oxygen atoms in total. The van der Waals surface area contributed by atoms with E-state index in [-0.39, 0.29) is 0 Å². The predicted molar refractivity (Wildman–Crippen MR) is 104 cm³/mol. The van der Waals surface area contributed by atoms with Crippen LogP contribution in [0.4, 0.5) is 26.3 Å². The number of nitrogens with zero attached hydrogens (tertiary/aromatic N) is 3. The minimum absolute atomic E-state index is 0.328. The second kappa shape index (κ2) is 10.4. The molecule has 2 N–H and O–H groups in total. The molecule has 0 amide bonds. The van der Waals surface area contributed by atoms with Crippen molar-refractivity contribution in [1.82, 2.24) is 13.9 Å². The summed E-state index contributed by atoms with van der Waals surface area (Å²) in [5, 5.41) is 0. The summed E-state index contributed by atoms with van der Waals surface area (Å²) >= 11 is 0. The van der Waals surface area contributed by atoms with Crippen LogP contribution in [0.2, 0.25) is 0 Å². The van der Waals surface area contributed by atoms with Crippen LogP contribution in [-0.2, 0) is 39.9 Å². The monoisotopic (exact) mass is 581 g/mol. The molecule has 2 aromatic heterocycles. The number of aromatic amines is 1. The molecule has 0 aromatic carbocycles. The number of rotatable bonds is 7. The number of halogens is 6. The highest BCUT2D eigenvalue weighted by atomic mass is 31.2. The Kier molecular flexibility index (Phi) is 7.92. The van der Waals surface area contributed by atoms with Gasteiger partial charge in [0.2, 0.25) is 0 Å². The molecule has 0 radical (unpaired) electrons. The van der Waals surface area contributed by atoms with Crippen LogP contribution in [-0.4, -0.2) is 68.0 Å². The van der Waals surface area contributed by atoms with Gasteiger partial charge in [0.05, 0.1) is 13.7 Å². The van der Waals surface area contributed by atoms with Crippen LogP contribution in [0, 0.1) is 0 Å². The van der Waals surface area contributed by atoms with E-state index in [0.29, 0.717) is 21.2 Å². The van der Waals surface area contributed by atoms with E-state index in [9.17, 15) is 55.0 Å². The molecule has 0 spiro atoms. The number of H-pyrrole nitrogens is 1. The Morgan fingerprint density at radius 3 is 2.18 bits per heavy atom. The van der Waals surface area contributed by atoms with Crippen LogP contribution in [0.1, 0.15) is 6.23 Å². The molecular formula is C17H16F6N4O10P+. The number of carbonyl (C=O) groups excluding carboxylic acids is 2. The van der Waals surface area contributed by atoms with Gasteiger partial charge in [0.1, 0.15) is 18.5 Å². The van der Waals surface area contributed by atoms with E-state index in [2.05, 4.69) is 9.47 Å². The molecule has 3 unspecified atom stereocenters. The minimum atomic E-state index is -5.70. The molecule has 1 saturated heterocycles. The first-order valence-corrected chi connectivity index (χ1v) is 11.5. The van der Waals surface area contributed by atoms with E-state index in [1.807, 2.05) is 0 Å². The van der Waals surface area contributed by atoms with Gasteiger partial charge in [-0.05, 0) is 0 Å². The summed E-state index contributed by atoms with van der Waals surface area (Å²) in [5.41, 5.74) is -2.36. The molecule has 5 atom stereocenters. The summed E-state index contributed by atoms with van der Waals surface area (Å²) in [6, 6.07) is 0.669. The second-order valence-corrected chi connectivity index (χ2v) is 9.26. The maximum Gasteiger partial charge on any atom is 0.525 e. The number of aromatic nitrogens is 4. The van der Waals surface area contributed by atoms with Gasteiger partial charge in [0.15, 0.2) is 18.4 Å². The van der Waals surface area contributed by atoms with Crippen molar-refractivity contribution < 1.29 is 68.7 Å². The molecule has 1 aliphatic heterocycles. The molecule has 3 heterocycles. The van der Waals surface area contributed by atoms with Crippen molar-refractivity contribution in [2.75, 3.05) is 6.61 Å². The highest BCUT2D eigenvalue weighted by molar-refractivity contribution is 7.51. The van der Waals surface area contributed by atoms with E-state index in [0.717, 1.165) is 12.5 Å². The number of carbonyl (C=O) groups is 2. The number of hydrogen-bond acceptors (Lipinski definition) is 9. The van der Waals surface area contributed by atoms with Gasteiger partial charge in [-0.25, -0.2) is 23.5 Å². The van der Waals surface area contributed by atoms with Gasteiger partial charge < -0.3 is 14.2 Å². The number of imidazole rings is 1. The molecule has 0 aliphatic carbocycles. The molecule has 38 heavy (non-hydrogen) atoms. The molecule has 21 heteroatoms. The van der Waals surface area contributed by atoms with Crippen LogP contribution in [0.25, 0.3) is 0 Å². The third-order valence-electron chi connectivity index (χ3n) is 4.81. The second-order valence-electron chi connectivity index (χ2n) is 7.56. The lowest BCUT2D eigenvalue weighted by molar-refractivity contribution is -0.670. The van der Waals surface area contributed by atoms with Crippen molar-refractivity contribution in [3.05, 3.63) is 51.8 Å². The number of hydrogen-bond donors (Lipinski definition) is 2. The summed E-state index contributed by atoms with van der Waals surface area (Å²) < 4.78 is 111. The van der Waals surface area contributed by atoms with E-state index in [1.54, 1.807) is 4.98 Å². The molecule has 1 aliphatic rings. The lowest BCUT2D eigenvalue weighted by Gasteiger charge is -2.25. The summed E-state index contributed by atoms with van der Waals surface area (Å²) in [6.45, 7) is -1.22. The molecule has 2 aromatic rings. The molecular weight excluding hydrogens is 565 g/mol. The molecule has 1 fully saturated rings. The summed E-state index contributed by atoms with van der Waals surface area (Å²) in [6.07, 6.45) is -16.8. The van der Waals surface area contributed by atoms with Gasteiger partial charge in [-0.15, -0.1) is 4.34 Å². The lowest BCUT2D eigenvalue weighted by Crippen LogP contribution is -2.46. The minimum Gasteiger partial charge on any atom is -0.449 e. The number of ether oxygens (including phenoxy) is 3. The fourth-order valence-electron chi connectivity index (χ4n) is 3.17. The fraction of sp³-hybridized carbons (Fsp3) is 0.471. The van der Waals surface area contributed by atoms with Crippen molar-refractivity contribution >= 4 is 19.7 Å². The molecule has 0 bridgehead atoms. The Labute approximate surface area is 205 Å². The molecule has 0 saturated carbocycles. The van der Waals surface area contributed by atoms with Gasteiger partial charge in [0, 0.05) is 12.3 Å². The lowest BCUT2D eigenvalue weighted by atomic mass is 10.1. The van der Waals surface area contributed by atoms with Crippen molar-refractivity contribution in [1.29, 1.82) is 0 Å². The van der Waals surface area contributed by atoms with E-state index >= 15 is 0 Å². The van der Waals surface area contributed by atoms with Crippen LogP contribution in [0.15, 0.2) is 40.6 Å². The number of aryl methyl sites for hydroxylation is 1. The first-order valence-electron chi connectivity index (χ1n) is 9.94. The maximum atomic E-state index is 12.9. The molecule has 3 rings (SSSR count). The van der Waals surface area contributed by atoms with Crippen LogP contribution < -0.4 is 15.8 Å². The van der Waals surface area contributed by atoms with Crippen LogP contribution >= 0.6 is 7.75 Å². The van der Waals surface area contributed by atoms with E-state index < -0.39 is 74.4 Å². The van der Waals surface area contributed by atoms with Crippen LogP contribution in [0.5, 0.6) is 0 Å². The Bertz CT molecular complexity index is 1370. The Balaban J connectivity index is 2.02. The number of alkyl halides is 6. The first kappa shape index (κ1) is 29.1. The Morgan fingerprint density at radius 2 is 1.68 bits per heavy atom. The zero-order valence-electron chi connectivity index (χ0n) is 18.6. The standard InChI is InChI=1S/C17H15F6N4O10P/c1-25-4-5-26(7-25)38(32,33)34-6-8-10(36-13(29)16(18,19)20)11(37-14(30)17(21,22)23)12(35-8)27-3-2-9(28)24-15(27)31/h2-5,7-8,10-12H,6H2,1H3,(H-,24,28,31,32,33)/p+1/t8-,10?,11?,12-/m1/s1. The van der Waals surface area contributed by atoms with E-state index in [1.165, 1.54) is 17.8 Å². The molecule has 210 valence electrons.